The number of nitrogens with zero attached hydrogens (tertiary/aromatic N) is 3. The molecule has 0 saturated carbocycles. The number of fused-ring (bicyclic) bond motifs is 3. The quantitative estimate of drug-likeness (QED) is 0.211. The minimum Gasteiger partial charge on any atom is -0.309 e. The third kappa shape index (κ3) is 4.30. The lowest BCUT2D eigenvalue weighted by atomic mass is 9.99. The molecule has 6 aromatic carbocycles. The topological polar surface area (TPSA) is 30.7 Å². The van der Waals surface area contributed by atoms with Crippen LogP contribution in [0.25, 0.3) is 71.7 Å². The number of hydrogen-bond donors (Lipinski definition) is 0. The van der Waals surface area contributed by atoms with Gasteiger partial charge in [0.05, 0.1) is 11.0 Å². The van der Waals surface area contributed by atoms with Gasteiger partial charge in [-0.3, -0.25) is 0 Å². The van der Waals surface area contributed by atoms with Crippen LogP contribution in [-0.4, -0.2) is 13.9 Å². The third-order valence-electron chi connectivity index (χ3n) is 7.81. The van der Waals surface area contributed by atoms with Crippen molar-refractivity contribution in [1.82, 2.24) is 13.9 Å². The SMILES string of the molecule is c1ccc(-c2ccc(-c3ccc4c(c3)c3ccccc3n4-c3cccc(-c4nc(-c5ccccc5)ns4)c3)cc2)cc1. The first-order valence-electron chi connectivity index (χ1n) is 14.0. The lowest BCUT2D eigenvalue weighted by molar-refractivity contribution is 1.18. The van der Waals surface area contributed by atoms with Crippen molar-refractivity contribution in [3.05, 3.63) is 152 Å². The van der Waals surface area contributed by atoms with E-state index in [4.69, 9.17) is 4.98 Å². The van der Waals surface area contributed by atoms with E-state index in [1.807, 2.05) is 30.3 Å². The Morgan fingerprint density at radius 3 is 1.81 bits per heavy atom. The molecule has 2 heterocycles. The van der Waals surface area contributed by atoms with Crippen LogP contribution < -0.4 is 0 Å². The summed E-state index contributed by atoms with van der Waals surface area (Å²) in [5.41, 5.74) is 10.4. The minimum absolute atomic E-state index is 0.766. The summed E-state index contributed by atoms with van der Waals surface area (Å²) in [7, 11) is 0. The highest BCUT2D eigenvalue weighted by atomic mass is 32.1. The van der Waals surface area contributed by atoms with E-state index in [-0.39, 0.29) is 0 Å². The molecule has 0 spiro atoms. The molecule has 3 nitrogen and oxygen atoms in total. The molecule has 0 aliphatic rings. The van der Waals surface area contributed by atoms with Crippen LogP contribution in [0.2, 0.25) is 0 Å². The van der Waals surface area contributed by atoms with E-state index in [9.17, 15) is 0 Å². The van der Waals surface area contributed by atoms with E-state index in [0.29, 0.717) is 0 Å². The molecule has 42 heavy (non-hydrogen) atoms. The fraction of sp³-hybridized carbons (Fsp3) is 0. The van der Waals surface area contributed by atoms with Crippen molar-refractivity contribution in [2.75, 3.05) is 0 Å². The van der Waals surface area contributed by atoms with E-state index in [1.165, 1.54) is 55.6 Å². The van der Waals surface area contributed by atoms with Crippen molar-refractivity contribution < 1.29 is 0 Å². The zero-order valence-corrected chi connectivity index (χ0v) is 23.5. The van der Waals surface area contributed by atoms with Crippen molar-refractivity contribution in [3.8, 4) is 49.9 Å². The summed E-state index contributed by atoms with van der Waals surface area (Å²) in [5.74, 6) is 0.766. The van der Waals surface area contributed by atoms with Gasteiger partial charge in [-0.15, -0.1) is 0 Å². The highest BCUT2D eigenvalue weighted by Crippen LogP contribution is 2.36. The van der Waals surface area contributed by atoms with Crippen LogP contribution in [-0.2, 0) is 0 Å². The molecule has 2 aromatic heterocycles. The summed E-state index contributed by atoms with van der Waals surface area (Å²) >= 11 is 1.44. The zero-order chi connectivity index (χ0) is 27.9. The van der Waals surface area contributed by atoms with Gasteiger partial charge in [-0.2, -0.15) is 4.37 Å². The van der Waals surface area contributed by atoms with Gasteiger partial charge in [0.1, 0.15) is 5.01 Å². The molecule has 0 saturated heterocycles. The molecule has 0 atom stereocenters. The molecule has 8 aromatic rings. The third-order valence-corrected chi connectivity index (χ3v) is 8.57. The minimum atomic E-state index is 0.766. The molecule has 0 aliphatic carbocycles. The van der Waals surface area contributed by atoms with Crippen LogP contribution in [0.1, 0.15) is 0 Å². The Bertz CT molecular complexity index is 2180. The van der Waals surface area contributed by atoms with Gasteiger partial charge in [0.25, 0.3) is 0 Å². The van der Waals surface area contributed by atoms with Crippen molar-refractivity contribution in [2.45, 2.75) is 0 Å². The summed E-state index contributed by atoms with van der Waals surface area (Å²) < 4.78 is 7.00. The Labute approximate surface area is 248 Å². The molecule has 0 fully saturated rings. The van der Waals surface area contributed by atoms with E-state index in [1.54, 1.807) is 0 Å². The highest BCUT2D eigenvalue weighted by Gasteiger charge is 2.15. The maximum atomic E-state index is 4.87. The molecule has 0 bridgehead atoms. The van der Waals surface area contributed by atoms with Crippen LogP contribution in [0.5, 0.6) is 0 Å². The maximum absolute atomic E-state index is 4.87. The molecule has 4 heteroatoms. The van der Waals surface area contributed by atoms with Crippen molar-refractivity contribution in [2.24, 2.45) is 0 Å². The van der Waals surface area contributed by atoms with Crippen LogP contribution in [0, 0.1) is 0 Å². The van der Waals surface area contributed by atoms with E-state index in [2.05, 4.69) is 130 Å². The van der Waals surface area contributed by atoms with Gasteiger partial charge >= 0.3 is 0 Å². The molecule has 198 valence electrons. The van der Waals surface area contributed by atoms with E-state index in [0.717, 1.165) is 27.6 Å². The number of benzene rings is 6. The highest BCUT2D eigenvalue weighted by molar-refractivity contribution is 7.09. The number of rotatable bonds is 5. The second-order valence-corrected chi connectivity index (χ2v) is 11.1. The molecular weight excluding hydrogens is 531 g/mol. The van der Waals surface area contributed by atoms with E-state index < -0.39 is 0 Å². The van der Waals surface area contributed by atoms with E-state index >= 15 is 0 Å². The fourth-order valence-electron chi connectivity index (χ4n) is 5.74. The lowest BCUT2D eigenvalue weighted by Gasteiger charge is -2.10. The Morgan fingerprint density at radius 2 is 1.02 bits per heavy atom. The summed E-state index contributed by atoms with van der Waals surface area (Å²) in [6.45, 7) is 0. The first kappa shape index (κ1) is 24.5. The number of hydrogen-bond acceptors (Lipinski definition) is 3. The van der Waals surface area contributed by atoms with Crippen molar-refractivity contribution >= 4 is 33.3 Å². The van der Waals surface area contributed by atoms with Gasteiger partial charge in [0.15, 0.2) is 5.82 Å². The first-order chi connectivity index (χ1) is 20.8. The van der Waals surface area contributed by atoms with Gasteiger partial charge in [-0.05, 0) is 64.1 Å². The molecular formula is C38H25N3S. The predicted molar refractivity (Wildman–Crippen MR) is 176 cm³/mol. The van der Waals surface area contributed by atoms with Crippen molar-refractivity contribution in [1.29, 1.82) is 0 Å². The lowest BCUT2D eigenvalue weighted by Crippen LogP contribution is -1.94. The van der Waals surface area contributed by atoms with Crippen LogP contribution in [0.15, 0.2) is 152 Å². The zero-order valence-electron chi connectivity index (χ0n) is 22.7. The summed E-state index contributed by atoms with van der Waals surface area (Å²) in [5, 5.41) is 3.39. The number of para-hydroxylation sites is 1. The van der Waals surface area contributed by atoms with Crippen molar-refractivity contribution in [3.63, 3.8) is 0 Å². The summed E-state index contributed by atoms with van der Waals surface area (Å²) in [6, 6.07) is 53.6. The smallest absolute Gasteiger partial charge is 0.173 e. The molecule has 8 rings (SSSR count). The fourth-order valence-corrected chi connectivity index (χ4v) is 6.42. The molecule has 0 radical (unpaired) electrons. The molecule has 0 aliphatic heterocycles. The standard InChI is InChI=1S/C38H25N3S/c1-3-10-26(11-4-1)27-18-20-28(21-19-27)30-22-23-36-34(25-30)33-16-7-8-17-35(33)41(36)32-15-9-14-31(24-32)38-39-37(40-42-38)29-12-5-2-6-13-29/h1-25H. The van der Waals surface area contributed by atoms with Crippen LogP contribution in [0.4, 0.5) is 0 Å². The Balaban J connectivity index is 1.21. The summed E-state index contributed by atoms with van der Waals surface area (Å²) in [4.78, 5) is 4.87. The van der Waals surface area contributed by atoms with Crippen LogP contribution in [0.3, 0.4) is 0 Å². The van der Waals surface area contributed by atoms with Gasteiger partial charge in [-0.25, -0.2) is 4.98 Å². The maximum Gasteiger partial charge on any atom is 0.173 e. The Hall–Kier alpha value is -5.32. The van der Waals surface area contributed by atoms with Gasteiger partial charge in [0, 0.05) is 27.6 Å². The Morgan fingerprint density at radius 1 is 0.429 bits per heavy atom. The number of aromatic nitrogens is 3. The Kier molecular flexibility index (Phi) is 5.98. The van der Waals surface area contributed by atoms with Gasteiger partial charge in [-0.1, -0.05) is 121 Å². The monoisotopic (exact) mass is 555 g/mol. The second kappa shape index (κ2) is 10.3. The first-order valence-corrected chi connectivity index (χ1v) is 14.8. The second-order valence-electron chi connectivity index (χ2n) is 10.4. The molecule has 0 N–H and O–H groups in total. The molecule has 0 unspecified atom stereocenters. The largest absolute Gasteiger partial charge is 0.309 e. The van der Waals surface area contributed by atoms with Gasteiger partial charge in [0.2, 0.25) is 0 Å². The molecule has 0 amide bonds. The summed E-state index contributed by atoms with van der Waals surface area (Å²) in [6.07, 6.45) is 0. The normalized spacial score (nSPS) is 11.3. The predicted octanol–water partition coefficient (Wildman–Crippen LogP) is 10.3. The van der Waals surface area contributed by atoms with Gasteiger partial charge < -0.3 is 4.57 Å². The average molecular weight is 556 g/mol. The average Bonchev–Trinajstić information content (AvgIpc) is 3.69. The van der Waals surface area contributed by atoms with Crippen LogP contribution >= 0.6 is 11.5 Å².